The van der Waals surface area contributed by atoms with E-state index >= 15 is 0 Å². The molecule has 2 heteroatoms. The van der Waals surface area contributed by atoms with Crippen LogP contribution >= 0.6 is 0 Å². The number of aromatic nitrogens is 1. The Balaban J connectivity index is 2.05. The topological polar surface area (TPSA) is 22.0 Å². The molecule has 1 heterocycles. The number of nitrogens with zero attached hydrogens (tertiary/aromatic N) is 1. The first kappa shape index (κ1) is 13.4. The van der Waals surface area contributed by atoms with Gasteiger partial charge < -0.3 is 4.57 Å². The lowest BCUT2D eigenvalue weighted by atomic mass is 9.86. The lowest BCUT2D eigenvalue weighted by Crippen LogP contribution is -2.14. The van der Waals surface area contributed by atoms with Crippen molar-refractivity contribution in [1.29, 1.82) is 0 Å². The van der Waals surface area contributed by atoms with E-state index in [0.29, 0.717) is 0 Å². The summed E-state index contributed by atoms with van der Waals surface area (Å²) in [6.45, 7) is 3.20. The fourth-order valence-electron chi connectivity index (χ4n) is 3.08. The second-order valence-electron chi connectivity index (χ2n) is 5.58. The van der Waals surface area contributed by atoms with Gasteiger partial charge in [0.25, 0.3) is 0 Å². The predicted octanol–water partition coefficient (Wildman–Crippen LogP) is 4.22. The number of unbranched alkanes of at least 4 members (excludes halogenated alkanes) is 1. The SMILES string of the molecule is CCCCn1c(C=O)ccc1CC1CCCCC1. The third-order valence-electron chi connectivity index (χ3n) is 4.18. The van der Waals surface area contributed by atoms with Gasteiger partial charge in [-0.25, -0.2) is 0 Å². The molecule has 1 aliphatic rings. The van der Waals surface area contributed by atoms with Crippen LogP contribution in [0, 0.1) is 5.92 Å². The van der Waals surface area contributed by atoms with E-state index in [9.17, 15) is 4.79 Å². The van der Waals surface area contributed by atoms with Gasteiger partial charge in [0.1, 0.15) is 0 Å². The van der Waals surface area contributed by atoms with Crippen molar-refractivity contribution in [2.75, 3.05) is 0 Å². The Hall–Kier alpha value is -1.05. The van der Waals surface area contributed by atoms with Gasteiger partial charge >= 0.3 is 0 Å². The Morgan fingerprint density at radius 2 is 2.06 bits per heavy atom. The summed E-state index contributed by atoms with van der Waals surface area (Å²) < 4.78 is 2.24. The van der Waals surface area contributed by atoms with E-state index in [4.69, 9.17) is 0 Å². The average Bonchev–Trinajstić information content (AvgIpc) is 2.79. The third kappa shape index (κ3) is 3.24. The molecule has 0 amide bonds. The molecule has 100 valence electrons. The lowest BCUT2D eigenvalue weighted by molar-refractivity contribution is 0.111. The number of rotatable bonds is 6. The van der Waals surface area contributed by atoms with Crippen molar-refractivity contribution in [1.82, 2.24) is 4.57 Å². The fourth-order valence-corrected chi connectivity index (χ4v) is 3.08. The van der Waals surface area contributed by atoms with Crippen molar-refractivity contribution < 1.29 is 4.79 Å². The Labute approximate surface area is 110 Å². The maximum atomic E-state index is 11.1. The molecule has 1 fully saturated rings. The van der Waals surface area contributed by atoms with Crippen molar-refractivity contribution in [2.45, 2.75) is 64.8 Å². The molecule has 0 aliphatic heterocycles. The second kappa shape index (κ2) is 6.77. The number of carbonyl (C=O) groups is 1. The van der Waals surface area contributed by atoms with Crippen LogP contribution in [-0.4, -0.2) is 10.9 Å². The van der Waals surface area contributed by atoms with Crippen LogP contribution in [-0.2, 0) is 13.0 Å². The normalized spacial score (nSPS) is 16.9. The fraction of sp³-hybridized carbons (Fsp3) is 0.688. The summed E-state index contributed by atoms with van der Waals surface area (Å²) in [4.78, 5) is 11.1. The molecule has 18 heavy (non-hydrogen) atoms. The van der Waals surface area contributed by atoms with Crippen LogP contribution in [0.5, 0.6) is 0 Å². The monoisotopic (exact) mass is 247 g/mol. The highest BCUT2D eigenvalue weighted by atomic mass is 16.1. The number of aldehydes is 1. The van der Waals surface area contributed by atoms with Crippen LogP contribution in [0.2, 0.25) is 0 Å². The molecule has 0 bridgehead atoms. The van der Waals surface area contributed by atoms with Crippen molar-refractivity contribution in [3.8, 4) is 0 Å². The average molecular weight is 247 g/mol. The standard InChI is InChI=1S/C16H25NO/c1-2-3-11-17-15(9-10-16(17)13-18)12-14-7-5-4-6-8-14/h9-10,13-14H,2-8,11-12H2,1H3. The molecule has 0 N–H and O–H groups in total. The van der Waals surface area contributed by atoms with E-state index in [2.05, 4.69) is 17.6 Å². The van der Waals surface area contributed by atoms with Crippen LogP contribution in [0.15, 0.2) is 12.1 Å². The third-order valence-corrected chi connectivity index (χ3v) is 4.18. The second-order valence-corrected chi connectivity index (χ2v) is 5.58. The molecule has 1 aliphatic carbocycles. The number of hydrogen-bond acceptors (Lipinski definition) is 1. The molecule has 0 atom stereocenters. The predicted molar refractivity (Wildman–Crippen MR) is 75.0 cm³/mol. The first-order valence-corrected chi connectivity index (χ1v) is 7.48. The van der Waals surface area contributed by atoms with E-state index in [1.807, 2.05) is 6.07 Å². The van der Waals surface area contributed by atoms with Gasteiger partial charge in [-0.3, -0.25) is 4.79 Å². The molecule has 0 aromatic carbocycles. The molecule has 0 spiro atoms. The zero-order valence-electron chi connectivity index (χ0n) is 11.5. The summed E-state index contributed by atoms with van der Waals surface area (Å²) in [5.41, 5.74) is 2.23. The van der Waals surface area contributed by atoms with Gasteiger partial charge in [0.05, 0.1) is 5.69 Å². The minimum atomic E-state index is 0.841. The maximum Gasteiger partial charge on any atom is 0.166 e. The van der Waals surface area contributed by atoms with Crippen LogP contribution in [0.3, 0.4) is 0 Å². The maximum absolute atomic E-state index is 11.1. The minimum Gasteiger partial charge on any atom is -0.342 e. The van der Waals surface area contributed by atoms with Crippen LogP contribution in [0.4, 0.5) is 0 Å². The van der Waals surface area contributed by atoms with Crippen molar-refractivity contribution in [3.63, 3.8) is 0 Å². The first-order valence-electron chi connectivity index (χ1n) is 7.48. The van der Waals surface area contributed by atoms with Gasteiger partial charge in [-0.05, 0) is 30.9 Å². The highest BCUT2D eigenvalue weighted by Crippen LogP contribution is 2.27. The molecular weight excluding hydrogens is 222 g/mol. The van der Waals surface area contributed by atoms with Crippen molar-refractivity contribution in [3.05, 3.63) is 23.5 Å². The van der Waals surface area contributed by atoms with Crippen molar-refractivity contribution in [2.24, 2.45) is 5.92 Å². The Morgan fingerprint density at radius 3 is 2.72 bits per heavy atom. The van der Waals surface area contributed by atoms with Gasteiger partial charge in [0.15, 0.2) is 6.29 Å². The van der Waals surface area contributed by atoms with E-state index in [1.165, 1.54) is 44.2 Å². The van der Waals surface area contributed by atoms with Crippen LogP contribution in [0.25, 0.3) is 0 Å². The molecular formula is C16H25NO. The highest BCUT2D eigenvalue weighted by Gasteiger charge is 2.16. The van der Waals surface area contributed by atoms with Gasteiger partial charge in [-0.1, -0.05) is 45.4 Å². The summed E-state index contributed by atoms with van der Waals surface area (Å²) in [7, 11) is 0. The molecule has 1 saturated carbocycles. The molecule has 0 unspecified atom stereocenters. The smallest absolute Gasteiger partial charge is 0.166 e. The quantitative estimate of drug-likeness (QED) is 0.690. The van der Waals surface area contributed by atoms with Gasteiger partial charge in [-0.2, -0.15) is 0 Å². The first-order chi connectivity index (χ1) is 8.85. The Morgan fingerprint density at radius 1 is 1.28 bits per heavy atom. The summed E-state index contributed by atoms with van der Waals surface area (Å²) >= 11 is 0. The molecule has 0 saturated heterocycles. The van der Waals surface area contributed by atoms with Gasteiger partial charge in [0.2, 0.25) is 0 Å². The summed E-state index contributed by atoms with van der Waals surface area (Å²) in [5.74, 6) is 0.841. The Kier molecular flexibility index (Phi) is 5.03. The molecule has 1 aromatic rings. The van der Waals surface area contributed by atoms with Gasteiger partial charge in [0, 0.05) is 12.2 Å². The molecule has 2 rings (SSSR count). The van der Waals surface area contributed by atoms with E-state index in [-0.39, 0.29) is 0 Å². The van der Waals surface area contributed by atoms with Crippen molar-refractivity contribution >= 4 is 6.29 Å². The molecule has 2 nitrogen and oxygen atoms in total. The highest BCUT2D eigenvalue weighted by molar-refractivity contribution is 5.72. The van der Waals surface area contributed by atoms with Crippen LogP contribution < -0.4 is 0 Å². The lowest BCUT2D eigenvalue weighted by Gasteiger charge is -2.22. The van der Waals surface area contributed by atoms with Gasteiger partial charge in [-0.15, -0.1) is 0 Å². The Bertz CT molecular complexity index is 374. The summed E-state index contributed by atoms with van der Waals surface area (Å²) in [6, 6.07) is 4.15. The minimum absolute atomic E-state index is 0.841. The molecule has 0 radical (unpaired) electrons. The zero-order chi connectivity index (χ0) is 12.8. The van der Waals surface area contributed by atoms with E-state index in [0.717, 1.165) is 37.3 Å². The number of carbonyl (C=O) groups excluding carboxylic acids is 1. The summed E-state index contributed by atoms with van der Waals surface area (Å²) in [5, 5.41) is 0. The number of hydrogen-bond donors (Lipinski definition) is 0. The zero-order valence-corrected chi connectivity index (χ0v) is 11.5. The van der Waals surface area contributed by atoms with Crippen LogP contribution in [0.1, 0.15) is 68.1 Å². The molecule has 1 aromatic heterocycles. The summed E-state index contributed by atoms with van der Waals surface area (Å²) in [6.07, 6.45) is 11.4. The van der Waals surface area contributed by atoms with E-state index in [1.54, 1.807) is 0 Å². The van der Waals surface area contributed by atoms with E-state index < -0.39 is 0 Å². The largest absolute Gasteiger partial charge is 0.342 e.